The third-order valence-corrected chi connectivity index (χ3v) is 2.67. The fourth-order valence-electron chi connectivity index (χ4n) is 1.69. The van der Waals surface area contributed by atoms with Crippen molar-refractivity contribution in [3.05, 3.63) is 29.8 Å². The zero-order chi connectivity index (χ0) is 13.6. The maximum atomic E-state index is 9.71. The van der Waals surface area contributed by atoms with Crippen molar-refractivity contribution >= 4 is 0 Å². The molecular formula is C15H25NO2. The number of rotatable bonds is 7. The molecule has 18 heavy (non-hydrogen) atoms. The predicted octanol–water partition coefficient (Wildman–Crippen LogP) is 2.90. The van der Waals surface area contributed by atoms with Gasteiger partial charge in [0.2, 0.25) is 0 Å². The zero-order valence-electron chi connectivity index (χ0n) is 11.9. The van der Waals surface area contributed by atoms with Crippen LogP contribution >= 0.6 is 0 Å². The minimum Gasteiger partial charge on any atom is -0.490 e. The molecule has 0 aromatic heterocycles. The molecule has 1 aromatic carbocycles. The molecule has 0 saturated carbocycles. The average molecular weight is 251 g/mol. The van der Waals surface area contributed by atoms with Crippen LogP contribution in [0.1, 0.15) is 45.7 Å². The molecule has 0 fully saturated rings. The van der Waals surface area contributed by atoms with Crippen LogP contribution in [-0.4, -0.2) is 23.9 Å². The Balaban J connectivity index is 2.72. The van der Waals surface area contributed by atoms with Gasteiger partial charge >= 0.3 is 0 Å². The third kappa shape index (κ3) is 5.07. The van der Waals surface area contributed by atoms with E-state index in [0.29, 0.717) is 6.61 Å². The molecule has 1 unspecified atom stereocenters. The lowest BCUT2D eigenvalue weighted by molar-refractivity contribution is 0.0280. The van der Waals surface area contributed by atoms with Gasteiger partial charge < -0.3 is 15.2 Å². The van der Waals surface area contributed by atoms with Gasteiger partial charge in [-0.05, 0) is 39.8 Å². The lowest BCUT2D eigenvalue weighted by Crippen LogP contribution is -2.28. The van der Waals surface area contributed by atoms with Crippen LogP contribution in [0.5, 0.6) is 5.75 Å². The van der Waals surface area contributed by atoms with Crippen molar-refractivity contribution in [1.29, 1.82) is 0 Å². The molecule has 0 aliphatic carbocycles. The van der Waals surface area contributed by atoms with Crippen molar-refractivity contribution in [3.8, 4) is 5.75 Å². The van der Waals surface area contributed by atoms with E-state index in [0.717, 1.165) is 24.3 Å². The van der Waals surface area contributed by atoms with Crippen LogP contribution in [0.25, 0.3) is 0 Å². The molecule has 1 aromatic rings. The number of benzene rings is 1. The van der Waals surface area contributed by atoms with E-state index in [4.69, 9.17) is 4.74 Å². The van der Waals surface area contributed by atoms with Crippen LogP contribution in [0.2, 0.25) is 0 Å². The topological polar surface area (TPSA) is 41.5 Å². The molecule has 0 radical (unpaired) electrons. The van der Waals surface area contributed by atoms with Crippen molar-refractivity contribution < 1.29 is 9.84 Å². The molecule has 1 atom stereocenters. The van der Waals surface area contributed by atoms with E-state index in [2.05, 4.69) is 25.2 Å². The Hall–Kier alpha value is -1.06. The van der Waals surface area contributed by atoms with E-state index in [1.807, 2.05) is 18.2 Å². The summed E-state index contributed by atoms with van der Waals surface area (Å²) < 4.78 is 5.71. The Labute approximate surface area is 110 Å². The van der Waals surface area contributed by atoms with Crippen LogP contribution < -0.4 is 10.1 Å². The summed E-state index contributed by atoms with van der Waals surface area (Å²) in [5.41, 5.74) is 0.322. The van der Waals surface area contributed by atoms with Crippen molar-refractivity contribution in [2.45, 2.75) is 45.8 Å². The first kappa shape index (κ1) is 15.0. The quantitative estimate of drug-likeness (QED) is 0.783. The Morgan fingerprint density at radius 3 is 2.61 bits per heavy atom. The Morgan fingerprint density at radius 2 is 2.00 bits per heavy atom. The fraction of sp³-hybridized carbons (Fsp3) is 0.600. The summed E-state index contributed by atoms with van der Waals surface area (Å²) in [4.78, 5) is 0. The van der Waals surface area contributed by atoms with Gasteiger partial charge in [0.15, 0.2) is 0 Å². The third-order valence-electron chi connectivity index (χ3n) is 2.67. The Kier molecular flexibility index (Phi) is 5.63. The normalized spacial score (nSPS) is 13.4. The van der Waals surface area contributed by atoms with Gasteiger partial charge in [0.1, 0.15) is 12.4 Å². The van der Waals surface area contributed by atoms with Gasteiger partial charge in [-0.15, -0.1) is 0 Å². The first-order valence-electron chi connectivity index (χ1n) is 6.61. The monoisotopic (exact) mass is 251 g/mol. The highest BCUT2D eigenvalue weighted by molar-refractivity contribution is 5.35. The number of ether oxygens (including phenoxy) is 1. The maximum absolute atomic E-state index is 9.71. The molecule has 2 N–H and O–H groups in total. The molecule has 0 bridgehead atoms. The van der Waals surface area contributed by atoms with E-state index in [-0.39, 0.29) is 6.04 Å². The first-order chi connectivity index (χ1) is 8.44. The van der Waals surface area contributed by atoms with E-state index in [1.54, 1.807) is 13.8 Å². The number of nitrogens with one attached hydrogen (secondary N) is 1. The van der Waals surface area contributed by atoms with Gasteiger partial charge in [0.25, 0.3) is 0 Å². The number of hydrogen-bond donors (Lipinski definition) is 2. The zero-order valence-corrected chi connectivity index (χ0v) is 11.9. The molecule has 0 heterocycles. The number of para-hydroxylation sites is 1. The standard InChI is InChI=1S/C15H25NO2/c1-5-10-16-12(2)13-8-6-7-9-14(13)18-11-15(3,4)17/h6-9,12,16-17H,5,10-11H2,1-4H3. The minimum atomic E-state index is -0.812. The average Bonchev–Trinajstić information content (AvgIpc) is 2.33. The van der Waals surface area contributed by atoms with Crippen LogP contribution in [0.3, 0.4) is 0 Å². The van der Waals surface area contributed by atoms with E-state index >= 15 is 0 Å². The summed E-state index contributed by atoms with van der Waals surface area (Å²) in [6.07, 6.45) is 1.11. The molecular weight excluding hydrogens is 226 g/mol. The second kappa shape index (κ2) is 6.76. The van der Waals surface area contributed by atoms with Crippen LogP contribution in [-0.2, 0) is 0 Å². The highest BCUT2D eigenvalue weighted by Crippen LogP contribution is 2.25. The second-order valence-electron chi connectivity index (χ2n) is 5.31. The predicted molar refractivity (Wildman–Crippen MR) is 74.9 cm³/mol. The molecule has 3 nitrogen and oxygen atoms in total. The van der Waals surface area contributed by atoms with Crippen molar-refractivity contribution in [3.63, 3.8) is 0 Å². The number of hydrogen-bond acceptors (Lipinski definition) is 3. The van der Waals surface area contributed by atoms with E-state index in [1.165, 1.54) is 0 Å². The summed E-state index contributed by atoms with van der Waals surface area (Å²) in [6, 6.07) is 8.23. The molecule has 0 amide bonds. The molecule has 0 aliphatic rings. The first-order valence-corrected chi connectivity index (χ1v) is 6.61. The molecule has 0 spiro atoms. The second-order valence-corrected chi connectivity index (χ2v) is 5.31. The summed E-state index contributed by atoms with van der Waals surface area (Å²) in [5.74, 6) is 0.843. The van der Waals surface area contributed by atoms with Gasteiger partial charge in [-0.25, -0.2) is 0 Å². The van der Waals surface area contributed by atoms with E-state index < -0.39 is 5.60 Å². The fourth-order valence-corrected chi connectivity index (χ4v) is 1.69. The van der Waals surface area contributed by atoms with Gasteiger partial charge in [-0.1, -0.05) is 25.1 Å². The van der Waals surface area contributed by atoms with Gasteiger partial charge in [-0.3, -0.25) is 0 Å². The number of aliphatic hydroxyl groups is 1. The van der Waals surface area contributed by atoms with Crippen LogP contribution in [0.4, 0.5) is 0 Å². The summed E-state index contributed by atoms with van der Waals surface area (Å²) >= 11 is 0. The van der Waals surface area contributed by atoms with Gasteiger partial charge in [0, 0.05) is 11.6 Å². The smallest absolute Gasteiger partial charge is 0.124 e. The minimum absolute atomic E-state index is 0.253. The lowest BCUT2D eigenvalue weighted by Gasteiger charge is -2.22. The van der Waals surface area contributed by atoms with Gasteiger partial charge in [-0.2, -0.15) is 0 Å². The molecule has 3 heteroatoms. The Morgan fingerprint density at radius 1 is 1.33 bits per heavy atom. The van der Waals surface area contributed by atoms with Crippen molar-refractivity contribution in [1.82, 2.24) is 5.32 Å². The van der Waals surface area contributed by atoms with Crippen molar-refractivity contribution in [2.24, 2.45) is 0 Å². The molecule has 0 aliphatic heterocycles. The van der Waals surface area contributed by atoms with Crippen molar-refractivity contribution in [2.75, 3.05) is 13.2 Å². The lowest BCUT2D eigenvalue weighted by atomic mass is 10.1. The molecule has 0 saturated heterocycles. The summed E-state index contributed by atoms with van der Waals surface area (Å²) in [7, 11) is 0. The Bertz CT molecular complexity index is 358. The SMILES string of the molecule is CCCNC(C)c1ccccc1OCC(C)(C)O. The molecule has 102 valence electrons. The largest absolute Gasteiger partial charge is 0.490 e. The van der Waals surface area contributed by atoms with Crippen LogP contribution in [0.15, 0.2) is 24.3 Å². The highest BCUT2D eigenvalue weighted by atomic mass is 16.5. The molecule has 1 rings (SSSR count). The maximum Gasteiger partial charge on any atom is 0.124 e. The van der Waals surface area contributed by atoms with Crippen LogP contribution in [0, 0.1) is 0 Å². The highest BCUT2D eigenvalue weighted by Gasteiger charge is 2.16. The van der Waals surface area contributed by atoms with E-state index in [9.17, 15) is 5.11 Å². The summed E-state index contributed by atoms with van der Waals surface area (Å²) in [5, 5.41) is 13.2. The summed E-state index contributed by atoms with van der Waals surface area (Å²) in [6.45, 7) is 9.05. The van der Waals surface area contributed by atoms with Gasteiger partial charge in [0.05, 0.1) is 5.60 Å².